The lowest BCUT2D eigenvalue weighted by molar-refractivity contribution is -0.141. The van der Waals surface area contributed by atoms with E-state index in [0.717, 1.165) is 43.6 Å². The second kappa shape index (κ2) is 7.08. The molecule has 0 aliphatic carbocycles. The summed E-state index contributed by atoms with van der Waals surface area (Å²) in [5.74, 6) is 0.278. The first-order chi connectivity index (χ1) is 13.4. The molecule has 1 aromatic heterocycles. The molecule has 1 spiro atoms. The van der Waals surface area contributed by atoms with Crippen LogP contribution in [0.3, 0.4) is 0 Å². The molecule has 6 nitrogen and oxygen atoms in total. The van der Waals surface area contributed by atoms with E-state index in [1.54, 1.807) is 6.07 Å². The van der Waals surface area contributed by atoms with E-state index in [1.165, 1.54) is 0 Å². The molecule has 28 heavy (non-hydrogen) atoms. The Morgan fingerprint density at radius 3 is 2.71 bits per heavy atom. The monoisotopic (exact) mass is 381 g/mol. The number of benzene rings is 1. The highest BCUT2D eigenvalue weighted by Gasteiger charge is 2.41. The Balaban J connectivity index is 1.57. The number of hydrogen-bond donors (Lipinski definition) is 0. The fourth-order valence-corrected chi connectivity index (χ4v) is 4.89. The first kappa shape index (κ1) is 18.7. The van der Waals surface area contributed by atoms with E-state index in [1.807, 2.05) is 52.6 Å². The van der Waals surface area contributed by atoms with Crippen molar-refractivity contribution in [2.45, 2.75) is 39.2 Å². The minimum Gasteiger partial charge on any atom is -0.345 e. The van der Waals surface area contributed by atoms with Gasteiger partial charge in [0.25, 0.3) is 0 Å². The lowest BCUT2D eigenvalue weighted by Crippen LogP contribution is -2.54. The number of hydrogen-bond acceptors (Lipinski definition) is 3. The average Bonchev–Trinajstić information content (AvgIpc) is 2.68. The number of amides is 2. The van der Waals surface area contributed by atoms with Gasteiger partial charge < -0.3 is 14.4 Å². The summed E-state index contributed by atoms with van der Waals surface area (Å²) in [6, 6.07) is 9.06. The van der Waals surface area contributed by atoms with E-state index < -0.39 is 0 Å². The number of para-hydroxylation sites is 1. The second-order valence-electron chi connectivity index (χ2n) is 8.42. The summed E-state index contributed by atoms with van der Waals surface area (Å²) < 4.78 is 1.94. The van der Waals surface area contributed by atoms with Crippen molar-refractivity contribution in [2.75, 3.05) is 26.7 Å². The van der Waals surface area contributed by atoms with Crippen LogP contribution in [-0.4, -0.2) is 52.9 Å². The molecule has 1 aromatic carbocycles. The van der Waals surface area contributed by atoms with E-state index in [2.05, 4.69) is 0 Å². The number of piperidine rings is 2. The molecule has 1 atom stereocenters. The first-order valence-corrected chi connectivity index (χ1v) is 9.99. The van der Waals surface area contributed by atoms with Gasteiger partial charge in [-0.2, -0.15) is 0 Å². The summed E-state index contributed by atoms with van der Waals surface area (Å²) in [5, 5.41) is 0.642. The number of aryl methyl sites for hydroxylation is 1. The van der Waals surface area contributed by atoms with Crippen LogP contribution in [0.5, 0.6) is 0 Å². The van der Waals surface area contributed by atoms with Crippen molar-refractivity contribution in [1.82, 2.24) is 14.4 Å². The van der Waals surface area contributed by atoms with Crippen LogP contribution < -0.4 is 5.43 Å². The van der Waals surface area contributed by atoms with Crippen molar-refractivity contribution in [1.29, 1.82) is 0 Å². The van der Waals surface area contributed by atoms with Crippen LogP contribution in [-0.2, 0) is 16.1 Å². The van der Waals surface area contributed by atoms with Gasteiger partial charge in [0.2, 0.25) is 11.8 Å². The third-order valence-electron chi connectivity index (χ3n) is 6.40. The number of likely N-dealkylation sites (tertiary alicyclic amines) is 2. The lowest BCUT2D eigenvalue weighted by Gasteiger charge is -2.47. The number of carbonyl (C=O) groups excluding carboxylic acids is 2. The molecule has 6 heteroatoms. The van der Waals surface area contributed by atoms with Crippen molar-refractivity contribution >= 4 is 22.7 Å². The molecule has 0 bridgehead atoms. The fourth-order valence-electron chi connectivity index (χ4n) is 4.89. The van der Waals surface area contributed by atoms with Gasteiger partial charge >= 0.3 is 0 Å². The van der Waals surface area contributed by atoms with E-state index in [9.17, 15) is 14.4 Å². The molecule has 2 aromatic rings. The van der Waals surface area contributed by atoms with Crippen LogP contribution in [0.25, 0.3) is 10.9 Å². The summed E-state index contributed by atoms with van der Waals surface area (Å²) in [4.78, 5) is 41.1. The van der Waals surface area contributed by atoms with E-state index in [4.69, 9.17) is 0 Å². The summed E-state index contributed by atoms with van der Waals surface area (Å²) in [6.45, 7) is 4.31. The Hall–Kier alpha value is -2.63. The highest BCUT2D eigenvalue weighted by atomic mass is 16.2. The molecule has 2 fully saturated rings. The van der Waals surface area contributed by atoms with Crippen LogP contribution in [0, 0.1) is 12.3 Å². The standard InChI is InChI=1S/C22H27N3O3/c1-16-12-19(26)17-6-3-4-7-18(17)25(16)13-21(28)24-11-5-9-22(15-24)10-8-20(27)23(2)14-22/h3-4,6-7,12H,5,8-11,13-15H2,1-2H3/t22-/m1/s1. The predicted octanol–water partition coefficient (Wildman–Crippen LogP) is 2.17. The van der Waals surface area contributed by atoms with Gasteiger partial charge in [-0.3, -0.25) is 14.4 Å². The smallest absolute Gasteiger partial charge is 0.242 e. The zero-order valence-corrected chi connectivity index (χ0v) is 16.6. The van der Waals surface area contributed by atoms with Crippen LogP contribution in [0.15, 0.2) is 35.1 Å². The summed E-state index contributed by atoms with van der Waals surface area (Å²) in [7, 11) is 1.86. The van der Waals surface area contributed by atoms with Gasteiger partial charge in [0.05, 0.1) is 5.52 Å². The molecule has 4 rings (SSSR count). The first-order valence-electron chi connectivity index (χ1n) is 9.99. The maximum Gasteiger partial charge on any atom is 0.242 e. The predicted molar refractivity (Wildman–Crippen MR) is 108 cm³/mol. The fraction of sp³-hybridized carbons (Fsp3) is 0.500. The highest BCUT2D eigenvalue weighted by molar-refractivity contribution is 5.83. The Morgan fingerprint density at radius 2 is 1.93 bits per heavy atom. The molecule has 148 valence electrons. The molecule has 2 aliphatic heterocycles. The number of nitrogens with zero attached hydrogens (tertiary/aromatic N) is 3. The number of fused-ring (bicyclic) bond motifs is 1. The molecule has 2 amide bonds. The molecule has 0 unspecified atom stereocenters. The Kier molecular flexibility index (Phi) is 4.73. The van der Waals surface area contributed by atoms with Gasteiger partial charge in [0.15, 0.2) is 5.43 Å². The van der Waals surface area contributed by atoms with Gasteiger partial charge in [0, 0.05) is 55.7 Å². The van der Waals surface area contributed by atoms with E-state index in [-0.39, 0.29) is 29.2 Å². The number of pyridine rings is 1. The topological polar surface area (TPSA) is 62.6 Å². The van der Waals surface area contributed by atoms with Gasteiger partial charge in [-0.05, 0) is 38.3 Å². The van der Waals surface area contributed by atoms with E-state index >= 15 is 0 Å². The van der Waals surface area contributed by atoms with Gasteiger partial charge in [-0.25, -0.2) is 0 Å². The summed E-state index contributed by atoms with van der Waals surface area (Å²) in [5.41, 5.74) is 1.61. The third-order valence-corrected chi connectivity index (χ3v) is 6.40. The number of aromatic nitrogens is 1. The van der Waals surface area contributed by atoms with Crippen LogP contribution in [0.4, 0.5) is 0 Å². The average molecular weight is 381 g/mol. The zero-order chi connectivity index (χ0) is 19.9. The van der Waals surface area contributed by atoms with Gasteiger partial charge in [0.1, 0.15) is 6.54 Å². The number of carbonyl (C=O) groups is 2. The summed E-state index contributed by atoms with van der Waals surface area (Å²) in [6.07, 6.45) is 3.47. The van der Waals surface area contributed by atoms with Gasteiger partial charge in [-0.15, -0.1) is 0 Å². The SMILES string of the molecule is Cc1cc(=O)c2ccccc2n1CC(=O)N1CCC[C@]2(CCC(=O)N(C)C2)C1. The van der Waals surface area contributed by atoms with Crippen molar-refractivity contribution in [3.8, 4) is 0 Å². The highest BCUT2D eigenvalue weighted by Crippen LogP contribution is 2.38. The van der Waals surface area contributed by atoms with E-state index in [0.29, 0.717) is 18.4 Å². The minimum atomic E-state index is -0.0105. The normalized spacial score (nSPS) is 22.9. The Labute approximate surface area is 164 Å². The quantitative estimate of drug-likeness (QED) is 0.801. The van der Waals surface area contributed by atoms with Crippen LogP contribution >= 0.6 is 0 Å². The zero-order valence-electron chi connectivity index (χ0n) is 16.6. The van der Waals surface area contributed by atoms with Crippen molar-refractivity contribution < 1.29 is 9.59 Å². The molecular formula is C22H27N3O3. The van der Waals surface area contributed by atoms with Gasteiger partial charge in [-0.1, -0.05) is 12.1 Å². The Morgan fingerprint density at radius 1 is 1.14 bits per heavy atom. The second-order valence-corrected chi connectivity index (χ2v) is 8.42. The minimum absolute atomic E-state index is 0.0105. The molecule has 0 saturated carbocycles. The lowest BCUT2D eigenvalue weighted by atomic mass is 9.73. The summed E-state index contributed by atoms with van der Waals surface area (Å²) >= 11 is 0. The molecule has 2 aliphatic rings. The van der Waals surface area contributed by atoms with Crippen LogP contribution in [0.2, 0.25) is 0 Å². The maximum atomic E-state index is 13.2. The van der Waals surface area contributed by atoms with Crippen molar-refractivity contribution in [2.24, 2.45) is 5.41 Å². The largest absolute Gasteiger partial charge is 0.345 e. The number of rotatable bonds is 2. The van der Waals surface area contributed by atoms with Crippen molar-refractivity contribution in [3.05, 3.63) is 46.2 Å². The van der Waals surface area contributed by atoms with Crippen LogP contribution in [0.1, 0.15) is 31.4 Å². The molecular weight excluding hydrogens is 354 g/mol. The maximum absolute atomic E-state index is 13.2. The molecule has 2 saturated heterocycles. The molecule has 3 heterocycles. The molecule has 0 N–H and O–H groups in total. The Bertz CT molecular complexity index is 996. The third kappa shape index (κ3) is 3.32. The van der Waals surface area contributed by atoms with Crippen molar-refractivity contribution in [3.63, 3.8) is 0 Å². The molecule has 0 radical (unpaired) electrons.